The number of halogens is 3. The molecule has 2 nitrogen and oxygen atoms in total. The SMILES string of the molecule is N#Cc1c(Cl)cccc1OCc1cc(F)ccc1Cl. The first-order chi connectivity index (χ1) is 9.11. The lowest BCUT2D eigenvalue weighted by Gasteiger charge is -2.10. The molecule has 0 atom stereocenters. The zero-order valence-electron chi connectivity index (χ0n) is 9.66. The van der Waals surface area contributed by atoms with Crippen LogP contribution in [0, 0.1) is 17.1 Å². The second-order valence-electron chi connectivity index (χ2n) is 3.75. The van der Waals surface area contributed by atoms with Gasteiger partial charge in [0.2, 0.25) is 0 Å². The monoisotopic (exact) mass is 295 g/mol. The van der Waals surface area contributed by atoms with Crippen LogP contribution in [0.4, 0.5) is 4.39 Å². The summed E-state index contributed by atoms with van der Waals surface area (Å²) in [6.45, 7) is 0.0611. The Morgan fingerprint density at radius 1 is 1.16 bits per heavy atom. The Hall–Kier alpha value is -1.76. The van der Waals surface area contributed by atoms with Crippen LogP contribution in [0.2, 0.25) is 10.0 Å². The average molecular weight is 296 g/mol. The van der Waals surface area contributed by atoms with Crippen LogP contribution in [0.25, 0.3) is 0 Å². The fourth-order valence-corrected chi connectivity index (χ4v) is 1.92. The topological polar surface area (TPSA) is 33.0 Å². The van der Waals surface area contributed by atoms with Crippen molar-refractivity contribution in [3.8, 4) is 11.8 Å². The zero-order valence-corrected chi connectivity index (χ0v) is 11.2. The summed E-state index contributed by atoms with van der Waals surface area (Å²) in [5, 5.41) is 9.71. The molecule has 19 heavy (non-hydrogen) atoms. The highest BCUT2D eigenvalue weighted by Crippen LogP contribution is 2.27. The molecule has 0 amide bonds. The van der Waals surface area contributed by atoms with Crippen molar-refractivity contribution in [2.45, 2.75) is 6.61 Å². The molecule has 0 bridgehead atoms. The van der Waals surface area contributed by atoms with Crippen LogP contribution in [0.3, 0.4) is 0 Å². The summed E-state index contributed by atoms with van der Waals surface area (Å²) in [4.78, 5) is 0. The molecular weight excluding hydrogens is 288 g/mol. The molecular formula is C14H8Cl2FNO. The number of hydrogen-bond acceptors (Lipinski definition) is 2. The van der Waals surface area contributed by atoms with E-state index in [1.807, 2.05) is 6.07 Å². The predicted molar refractivity (Wildman–Crippen MR) is 71.9 cm³/mol. The van der Waals surface area contributed by atoms with Gasteiger partial charge in [-0.1, -0.05) is 29.3 Å². The number of nitrogens with zero attached hydrogens (tertiary/aromatic N) is 1. The minimum atomic E-state index is -0.394. The summed E-state index contributed by atoms with van der Waals surface area (Å²) in [5.74, 6) is -0.0510. The third kappa shape index (κ3) is 3.17. The standard InChI is InChI=1S/C14H8Cl2FNO/c15-12-5-4-10(17)6-9(12)8-19-14-3-1-2-13(16)11(14)7-18/h1-6H,8H2. The molecule has 2 rings (SSSR count). The maximum atomic E-state index is 13.1. The van der Waals surface area contributed by atoms with Crippen molar-refractivity contribution in [2.24, 2.45) is 0 Å². The van der Waals surface area contributed by atoms with E-state index in [0.717, 1.165) is 0 Å². The number of nitriles is 1. The molecule has 0 spiro atoms. The Balaban J connectivity index is 2.22. The van der Waals surface area contributed by atoms with E-state index in [1.54, 1.807) is 18.2 Å². The van der Waals surface area contributed by atoms with Crippen LogP contribution in [-0.2, 0) is 6.61 Å². The van der Waals surface area contributed by atoms with Crippen LogP contribution in [0.5, 0.6) is 5.75 Å². The highest BCUT2D eigenvalue weighted by atomic mass is 35.5. The van der Waals surface area contributed by atoms with E-state index in [9.17, 15) is 4.39 Å². The molecule has 0 aromatic heterocycles. The van der Waals surface area contributed by atoms with Gasteiger partial charge in [-0.15, -0.1) is 0 Å². The molecule has 2 aromatic rings. The van der Waals surface area contributed by atoms with Crippen molar-refractivity contribution in [1.82, 2.24) is 0 Å². The van der Waals surface area contributed by atoms with Gasteiger partial charge in [-0.3, -0.25) is 0 Å². The smallest absolute Gasteiger partial charge is 0.139 e. The summed E-state index contributed by atoms with van der Waals surface area (Å²) in [5.41, 5.74) is 0.752. The quantitative estimate of drug-likeness (QED) is 0.830. The summed E-state index contributed by atoms with van der Waals surface area (Å²) < 4.78 is 18.6. The van der Waals surface area contributed by atoms with Crippen molar-refractivity contribution in [2.75, 3.05) is 0 Å². The summed E-state index contributed by atoms with van der Waals surface area (Å²) in [6.07, 6.45) is 0. The fourth-order valence-electron chi connectivity index (χ4n) is 1.54. The van der Waals surface area contributed by atoms with Crippen LogP contribution in [0.1, 0.15) is 11.1 Å². The van der Waals surface area contributed by atoms with Crippen LogP contribution < -0.4 is 4.74 Å². The first kappa shape index (κ1) is 13.7. The van der Waals surface area contributed by atoms with E-state index in [-0.39, 0.29) is 12.2 Å². The molecule has 0 aliphatic rings. The third-order valence-corrected chi connectivity index (χ3v) is 3.16. The highest BCUT2D eigenvalue weighted by molar-refractivity contribution is 6.32. The largest absolute Gasteiger partial charge is 0.487 e. The molecule has 0 saturated heterocycles. The van der Waals surface area contributed by atoms with Gasteiger partial charge < -0.3 is 4.74 Å². The molecule has 0 saturated carbocycles. The lowest BCUT2D eigenvalue weighted by atomic mass is 10.2. The van der Waals surface area contributed by atoms with Crippen LogP contribution in [0.15, 0.2) is 36.4 Å². The first-order valence-corrected chi connectivity index (χ1v) is 6.12. The maximum Gasteiger partial charge on any atom is 0.139 e. The third-order valence-electron chi connectivity index (χ3n) is 2.48. The van der Waals surface area contributed by atoms with Crippen LogP contribution >= 0.6 is 23.2 Å². The Morgan fingerprint density at radius 2 is 1.95 bits per heavy atom. The predicted octanol–water partition coefficient (Wildman–Crippen LogP) is 4.58. The van der Waals surface area contributed by atoms with Gasteiger partial charge in [0.1, 0.15) is 29.8 Å². The Bertz CT molecular complexity index is 652. The molecule has 5 heteroatoms. The van der Waals surface area contributed by atoms with Gasteiger partial charge in [0, 0.05) is 10.6 Å². The Morgan fingerprint density at radius 3 is 2.68 bits per heavy atom. The second kappa shape index (κ2) is 5.92. The summed E-state index contributed by atoms with van der Waals surface area (Å²) in [7, 11) is 0. The van der Waals surface area contributed by atoms with Gasteiger partial charge in [-0.2, -0.15) is 5.26 Å². The minimum Gasteiger partial charge on any atom is -0.487 e. The number of ether oxygens (including phenoxy) is 1. The highest BCUT2D eigenvalue weighted by Gasteiger charge is 2.09. The van der Waals surface area contributed by atoms with E-state index >= 15 is 0 Å². The van der Waals surface area contributed by atoms with Gasteiger partial charge in [-0.05, 0) is 30.3 Å². The van der Waals surface area contributed by atoms with Crippen molar-refractivity contribution in [3.63, 3.8) is 0 Å². The van der Waals surface area contributed by atoms with Crippen molar-refractivity contribution < 1.29 is 9.13 Å². The molecule has 0 radical (unpaired) electrons. The zero-order chi connectivity index (χ0) is 13.8. The average Bonchev–Trinajstić information content (AvgIpc) is 2.40. The molecule has 0 aliphatic heterocycles. The van der Waals surface area contributed by atoms with Gasteiger partial charge in [0.25, 0.3) is 0 Å². The molecule has 2 aromatic carbocycles. The molecule has 0 unspecified atom stereocenters. The summed E-state index contributed by atoms with van der Waals surface area (Å²) in [6, 6.07) is 10.9. The number of hydrogen-bond donors (Lipinski definition) is 0. The normalized spacial score (nSPS) is 10.0. The lowest BCUT2D eigenvalue weighted by molar-refractivity contribution is 0.305. The molecule has 0 heterocycles. The van der Waals surface area contributed by atoms with E-state index in [1.165, 1.54) is 18.2 Å². The van der Waals surface area contributed by atoms with Crippen molar-refractivity contribution in [1.29, 1.82) is 5.26 Å². The van der Waals surface area contributed by atoms with E-state index in [2.05, 4.69) is 0 Å². The fraction of sp³-hybridized carbons (Fsp3) is 0.0714. The van der Waals surface area contributed by atoms with Crippen molar-refractivity contribution in [3.05, 3.63) is 63.4 Å². The maximum absolute atomic E-state index is 13.1. The van der Waals surface area contributed by atoms with E-state index < -0.39 is 5.82 Å². The Kier molecular flexibility index (Phi) is 4.26. The van der Waals surface area contributed by atoms with Gasteiger partial charge in [0.15, 0.2) is 0 Å². The molecule has 0 fully saturated rings. The van der Waals surface area contributed by atoms with Gasteiger partial charge >= 0.3 is 0 Å². The molecule has 0 N–H and O–H groups in total. The Labute approximate surface area is 119 Å². The number of benzene rings is 2. The van der Waals surface area contributed by atoms with Gasteiger partial charge in [-0.25, -0.2) is 4.39 Å². The van der Waals surface area contributed by atoms with Crippen LogP contribution in [-0.4, -0.2) is 0 Å². The second-order valence-corrected chi connectivity index (χ2v) is 4.56. The van der Waals surface area contributed by atoms with E-state index in [4.69, 9.17) is 33.2 Å². The summed E-state index contributed by atoms with van der Waals surface area (Å²) >= 11 is 11.8. The minimum absolute atomic E-state index is 0.0611. The molecule has 0 aliphatic carbocycles. The van der Waals surface area contributed by atoms with E-state index in [0.29, 0.717) is 21.4 Å². The number of rotatable bonds is 3. The first-order valence-electron chi connectivity index (χ1n) is 5.37. The van der Waals surface area contributed by atoms with Crippen molar-refractivity contribution >= 4 is 23.2 Å². The molecule has 96 valence electrons. The lowest BCUT2D eigenvalue weighted by Crippen LogP contribution is -1.99. The van der Waals surface area contributed by atoms with Gasteiger partial charge in [0.05, 0.1) is 5.02 Å².